The summed E-state index contributed by atoms with van der Waals surface area (Å²) in [6.07, 6.45) is 6.72. The molecular formula is C13H18N6OS. The van der Waals surface area contributed by atoms with Gasteiger partial charge in [-0.15, -0.1) is 10.2 Å². The Morgan fingerprint density at radius 2 is 2.48 bits per heavy atom. The molecule has 3 rings (SSSR count). The first-order valence-electron chi connectivity index (χ1n) is 6.98. The Morgan fingerprint density at radius 1 is 1.57 bits per heavy atom. The summed E-state index contributed by atoms with van der Waals surface area (Å²) in [5.41, 5.74) is 1.60. The zero-order valence-corrected chi connectivity index (χ0v) is 12.7. The zero-order chi connectivity index (χ0) is 14.7. The molecule has 0 aliphatic carbocycles. The summed E-state index contributed by atoms with van der Waals surface area (Å²) < 4.78 is 2.14. The van der Waals surface area contributed by atoms with Gasteiger partial charge in [0, 0.05) is 25.0 Å². The van der Waals surface area contributed by atoms with Crippen molar-refractivity contribution < 1.29 is 4.79 Å². The minimum absolute atomic E-state index is 0.0364. The van der Waals surface area contributed by atoms with E-state index in [1.807, 2.05) is 12.5 Å². The van der Waals surface area contributed by atoms with Crippen LogP contribution in [-0.4, -0.2) is 50.2 Å². The molecule has 2 aromatic rings. The summed E-state index contributed by atoms with van der Waals surface area (Å²) >= 11 is 1.33. The molecule has 8 heteroatoms. The molecule has 1 aliphatic heterocycles. The molecule has 0 saturated carbocycles. The third kappa shape index (κ3) is 3.45. The number of carbonyl (C=O) groups excluding carboxylic acids is 1. The van der Waals surface area contributed by atoms with Crippen molar-refractivity contribution in [2.75, 3.05) is 25.0 Å². The van der Waals surface area contributed by atoms with Crippen molar-refractivity contribution in [3.05, 3.63) is 24.2 Å². The highest BCUT2D eigenvalue weighted by Gasteiger charge is 2.28. The van der Waals surface area contributed by atoms with Crippen molar-refractivity contribution in [1.82, 2.24) is 24.6 Å². The summed E-state index contributed by atoms with van der Waals surface area (Å²) in [6.45, 7) is 4.44. The Bertz CT molecular complexity index is 570. The highest BCUT2D eigenvalue weighted by molar-refractivity contribution is 7.13. The van der Waals surface area contributed by atoms with Crippen LogP contribution in [0.2, 0.25) is 0 Å². The molecule has 1 aliphatic rings. The van der Waals surface area contributed by atoms with Crippen LogP contribution in [0.15, 0.2) is 24.2 Å². The molecule has 0 aromatic carbocycles. The first-order valence-corrected chi connectivity index (χ1v) is 7.86. The van der Waals surface area contributed by atoms with E-state index in [2.05, 4.69) is 36.9 Å². The standard InChI is InChI=1S/C13H18N6OS/c1-10-2-4-18(6-11(10)19-5-3-14-8-19)7-12(20)16-13-17-15-9-21-13/h3,5,8-11H,2,4,6-7H2,1H3,(H,16,17,20)/t10-,11+/m0/s1. The molecule has 0 unspecified atom stereocenters. The second-order valence-electron chi connectivity index (χ2n) is 5.37. The third-order valence-electron chi connectivity index (χ3n) is 3.88. The van der Waals surface area contributed by atoms with E-state index in [1.165, 1.54) is 11.3 Å². The highest BCUT2D eigenvalue weighted by atomic mass is 32.1. The van der Waals surface area contributed by atoms with E-state index < -0.39 is 0 Å². The van der Waals surface area contributed by atoms with Crippen LogP contribution in [0.25, 0.3) is 0 Å². The van der Waals surface area contributed by atoms with Crippen LogP contribution < -0.4 is 5.32 Å². The molecule has 21 heavy (non-hydrogen) atoms. The third-order valence-corrected chi connectivity index (χ3v) is 4.49. The van der Waals surface area contributed by atoms with Crippen LogP contribution in [0.5, 0.6) is 0 Å². The first kappa shape index (κ1) is 14.2. The van der Waals surface area contributed by atoms with E-state index in [0.29, 0.717) is 23.6 Å². The lowest BCUT2D eigenvalue weighted by atomic mass is 9.93. The molecule has 0 spiro atoms. The molecule has 1 fully saturated rings. The number of hydrogen-bond acceptors (Lipinski definition) is 6. The summed E-state index contributed by atoms with van der Waals surface area (Å²) in [7, 11) is 0. The number of imidazole rings is 1. The lowest BCUT2D eigenvalue weighted by Gasteiger charge is -2.37. The van der Waals surface area contributed by atoms with E-state index in [4.69, 9.17) is 0 Å². The predicted molar refractivity (Wildman–Crippen MR) is 80.0 cm³/mol. The van der Waals surface area contributed by atoms with E-state index in [1.54, 1.807) is 11.7 Å². The fourth-order valence-electron chi connectivity index (χ4n) is 2.70. The maximum absolute atomic E-state index is 12.0. The summed E-state index contributed by atoms with van der Waals surface area (Å²) in [4.78, 5) is 18.3. The zero-order valence-electron chi connectivity index (χ0n) is 11.8. The number of aromatic nitrogens is 4. The highest BCUT2D eigenvalue weighted by Crippen LogP contribution is 2.27. The average molecular weight is 306 g/mol. The lowest BCUT2D eigenvalue weighted by molar-refractivity contribution is -0.117. The van der Waals surface area contributed by atoms with Crippen LogP contribution >= 0.6 is 11.3 Å². The van der Waals surface area contributed by atoms with Gasteiger partial charge in [-0.2, -0.15) is 0 Å². The van der Waals surface area contributed by atoms with Gasteiger partial charge >= 0.3 is 0 Å². The number of amides is 1. The lowest BCUT2D eigenvalue weighted by Crippen LogP contribution is -2.43. The molecule has 1 N–H and O–H groups in total. The van der Waals surface area contributed by atoms with Gasteiger partial charge in [-0.05, 0) is 18.9 Å². The SMILES string of the molecule is C[C@H]1CCN(CC(=O)Nc2nncs2)C[C@H]1n1ccnc1. The molecule has 1 amide bonds. The fourth-order valence-corrected chi connectivity index (χ4v) is 3.16. The number of nitrogens with one attached hydrogen (secondary N) is 1. The van der Waals surface area contributed by atoms with Crippen LogP contribution in [0.1, 0.15) is 19.4 Å². The normalized spacial score (nSPS) is 23.1. The smallest absolute Gasteiger partial charge is 0.240 e. The van der Waals surface area contributed by atoms with Gasteiger partial charge in [0.2, 0.25) is 11.0 Å². The summed E-state index contributed by atoms with van der Waals surface area (Å²) in [5, 5.41) is 10.9. The van der Waals surface area contributed by atoms with Crippen molar-refractivity contribution >= 4 is 22.4 Å². The maximum Gasteiger partial charge on any atom is 0.240 e. The summed E-state index contributed by atoms with van der Waals surface area (Å²) in [6, 6.07) is 0.371. The van der Waals surface area contributed by atoms with Crippen molar-refractivity contribution in [2.24, 2.45) is 5.92 Å². The van der Waals surface area contributed by atoms with Gasteiger partial charge in [-0.25, -0.2) is 4.98 Å². The van der Waals surface area contributed by atoms with E-state index in [9.17, 15) is 4.79 Å². The van der Waals surface area contributed by atoms with Crippen LogP contribution in [0.3, 0.4) is 0 Å². The first-order chi connectivity index (χ1) is 10.2. The Hall–Kier alpha value is -1.80. The van der Waals surface area contributed by atoms with Gasteiger partial charge in [0.15, 0.2) is 0 Å². The Labute approximate surface area is 127 Å². The van der Waals surface area contributed by atoms with E-state index in [0.717, 1.165) is 19.5 Å². The van der Waals surface area contributed by atoms with Gasteiger partial charge < -0.3 is 4.57 Å². The molecule has 112 valence electrons. The molecular weight excluding hydrogens is 288 g/mol. The average Bonchev–Trinajstić information content (AvgIpc) is 3.13. The van der Waals surface area contributed by atoms with E-state index in [-0.39, 0.29) is 5.91 Å². The number of nitrogens with zero attached hydrogens (tertiary/aromatic N) is 5. The number of carbonyl (C=O) groups is 1. The fraction of sp³-hybridized carbons (Fsp3) is 0.538. The van der Waals surface area contributed by atoms with Crippen molar-refractivity contribution in [3.8, 4) is 0 Å². The molecule has 2 aromatic heterocycles. The molecule has 2 atom stereocenters. The van der Waals surface area contributed by atoms with Crippen LogP contribution in [0, 0.1) is 5.92 Å². The Kier molecular flexibility index (Phi) is 4.26. The number of likely N-dealkylation sites (tertiary alicyclic amines) is 1. The number of rotatable bonds is 4. The van der Waals surface area contributed by atoms with Gasteiger partial charge in [0.1, 0.15) is 5.51 Å². The minimum Gasteiger partial charge on any atom is -0.333 e. The monoisotopic (exact) mass is 306 g/mol. The number of anilines is 1. The largest absolute Gasteiger partial charge is 0.333 e. The van der Waals surface area contributed by atoms with Gasteiger partial charge in [0.05, 0.1) is 12.9 Å². The van der Waals surface area contributed by atoms with Gasteiger partial charge in [-0.1, -0.05) is 18.3 Å². The van der Waals surface area contributed by atoms with Crippen LogP contribution in [-0.2, 0) is 4.79 Å². The van der Waals surface area contributed by atoms with Crippen molar-refractivity contribution in [1.29, 1.82) is 0 Å². The summed E-state index contributed by atoms with van der Waals surface area (Å²) in [5.74, 6) is 0.548. The second-order valence-corrected chi connectivity index (χ2v) is 6.20. The molecule has 0 bridgehead atoms. The predicted octanol–water partition coefficient (Wildman–Crippen LogP) is 1.26. The molecule has 0 radical (unpaired) electrons. The van der Waals surface area contributed by atoms with Gasteiger partial charge in [0.25, 0.3) is 0 Å². The second kappa shape index (κ2) is 6.31. The van der Waals surface area contributed by atoms with Crippen molar-refractivity contribution in [3.63, 3.8) is 0 Å². The Balaban J connectivity index is 1.57. The van der Waals surface area contributed by atoms with E-state index >= 15 is 0 Å². The molecule has 1 saturated heterocycles. The maximum atomic E-state index is 12.0. The minimum atomic E-state index is -0.0364. The van der Waals surface area contributed by atoms with Crippen LogP contribution in [0.4, 0.5) is 5.13 Å². The number of piperidine rings is 1. The molecule has 7 nitrogen and oxygen atoms in total. The molecule has 3 heterocycles. The Morgan fingerprint density at radius 3 is 3.19 bits per heavy atom. The van der Waals surface area contributed by atoms with Gasteiger partial charge in [-0.3, -0.25) is 15.0 Å². The number of hydrogen-bond donors (Lipinski definition) is 1. The topological polar surface area (TPSA) is 75.9 Å². The van der Waals surface area contributed by atoms with Crippen molar-refractivity contribution in [2.45, 2.75) is 19.4 Å². The quantitative estimate of drug-likeness (QED) is 0.920.